The number of benzene rings is 2. The third-order valence-electron chi connectivity index (χ3n) is 6.37. The minimum Gasteiger partial charge on any atom is -0.486 e. The highest BCUT2D eigenvalue weighted by Gasteiger charge is 2.30. The van der Waals surface area contributed by atoms with Crippen LogP contribution in [0.25, 0.3) is 5.69 Å². The van der Waals surface area contributed by atoms with E-state index in [0.717, 1.165) is 19.3 Å². The standard InChI is InChI=1S/C27H34N4O4S/c1-2-3-4-5-12-21-35-26-25(22-28-31(27(26)32)23-13-8-6-9-14-23)29-17-19-30(20-18-29)36(33,34)24-15-10-7-11-16-24/h6-11,13-16,22H,2-5,12,17-21H2,1H3. The average Bonchev–Trinajstić information content (AvgIpc) is 2.92. The number of unbranched alkanes of at least 4 members (excludes halogenated alkanes) is 4. The van der Waals surface area contributed by atoms with Gasteiger partial charge in [0.15, 0.2) is 0 Å². The molecule has 1 aromatic heterocycles. The Bertz CT molecular complexity index is 1270. The molecule has 8 nitrogen and oxygen atoms in total. The molecule has 9 heteroatoms. The van der Waals surface area contributed by atoms with Gasteiger partial charge in [-0.2, -0.15) is 14.1 Å². The van der Waals surface area contributed by atoms with Crippen molar-refractivity contribution < 1.29 is 13.2 Å². The molecule has 1 fully saturated rings. The fourth-order valence-corrected chi connectivity index (χ4v) is 5.78. The second kappa shape index (κ2) is 12.2. The van der Waals surface area contributed by atoms with Crippen molar-refractivity contribution >= 4 is 15.7 Å². The Morgan fingerprint density at radius 1 is 0.861 bits per heavy atom. The number of nitrogens with zero attached hydrogens (tertiary/aromatic N) is 4. The third-order valence-corrected chi connectivity index (χ3v) is 8.28. The lowest BCUT2D eigenvalue weighted by Crippen LogP contribution is -2.49. The summed E-state index contributed by atoms with van der Waals surface area (Å²) in [6.07, 6.45) is 7.09. The Morgan fingerprint density at radius 2 is 1.50 bits per heavy atom. The highest BCUT2D eigenvalue weighted by molar-refractivity contribution is 7.89. The van der Waals surface area contributed by atoms with Crippen molar-refractivity contribution in [1.29, 1.82) is 0 Å². The van der Waals surface area contributed by atoms with Gasteiger partial charge in [-0.25, -0.2) is 8.42 Å². The molecule has 1 aliphatic rings. The number of rotatable bonds is 11. The van der Waals surface area contributed by atoms with Crippen LogP contribution in [0.5, 0.6) is 5.75 Å². The zero-order valence-corrected chi connectivity index (χ0v) is 21.6. The molecule has 0 spiro atoms. The fourth-order valence-electron chi connectivity index (χ4n) is 4.33. The molecule has 0 unspecified atom stereocenters. The topological polar surface area (TPSA) is 84.7 Å². The van der Waals surface area contributed by atoms with Crippen molar-refractivity contribution in [3.05, 3.63) is 77.2 Å². The van der Waals surface area contributed by atoms with E-state index in [9.17, 15) is 13.2 Å². The van der Waals surface area contributed by atoms with E-state index in [2.05, 4.69) is 12.0 Å². The van der Waals surface area contributed by atoms with Gasteiger partial charge >= 0.3 is 5.56 Å². The molecular formula is C27H34N4O4S. The molecule has 0 N–H and O–H groups in total. The minimum atomic E-state index is -3.56. The summed E-state index contributed by atoms with van der Waals surface area (Å²) < 4.78 is 35.0. The zero-order chi connectivity index (χ0) is 25.4. The van der Waals surface area contributed by atoms with Gasteiger partial charge in [-0.1, -0.05) is 69.0 Å². The summed E-state index contributed by atoms with van der Waals surface area (Å²) in [4.78, 5) is 15.7. The first kappa shape index (κ1) is 25.9. The van der Waals surface area contributed by atoms with Crippen LogP contribution in [0.15, 0.2) is 76.6 Å². The van der Waals surface area contributed by atoms with Crippen molar-refractivity contribution in [1.82, 2.24) is 14.1 Å². The summed E-state index contributed by atoms with van der Waals surface area (Å²) in [6, 6.07) is 17.7. The van der Waals surface area contributed by atoms with Crippen LogP contribution in [-0.4, -0.2) is 55.3 Å². The van der Waals surface area contributed by atoms with Gasteiger partial charge < -0.3 is 9.64 Å². The Hall–Kier alpha value is -3.17. The lowest BCUT2D eigenvalue weighted by molar-refractivity contribution is 0.297. The van der Waals surface area contributed by atoms with Crippen LogP contribution in [-0.2, 0) is 10.0 Å². The van der Waals surface area contributed by atoms with Gasteiger partial charge in [0.05, 0.1) is 23.4 Å². The van der Waals surface area contributed by atoms with Gasteiger partial charge in [-0.15, -0.1) is 0 Å². The van der Waals surface area contributed by atoms with Gasteiger partial charge in [0.25, 0.3) is 0 Å². The number of ether oxygens (including phenoxy) is 1. The third kappa shape index (κ3) is 5.96. The van der Waals surface area contributed by atoms with E-state index in [1.165, 1.54) is 21.8 Å². The number of hydrogen-bond donors (Lipinski definition) is 0. The highest BCUT2D eigenvalue weighted by atomic mass is 32.2. The van der Waals surface area contributed by atoms with Gasteiger partial charge in [0, 0.05) is 26.2 Å². The maximum absolute atomic E-state index is 13.5. The van der Waals surface area contributed by atoms with E-state index < -0.39 is 10.0 Å². The van der Waals surface area contributed by atoms with Gasteiger partial charge in [-0.05, 0) is 30.7 Å². The van der Waals surface area contributed by atoms with E-state index in [1.807, 2.05) is 35.2 Å². The number of aromatic nitrogens is 2. The second-order valence-corrected chi connectivity index (χ2v) is 10.8. The normalized spacial score (nSPS) is 14.6. The van der Waals surface area contributed by atoms with Crippen LogP contribution >= 0.6 is 0 Å². The van der Waals surface area contributed by atoms with Crippen LogP contribution in [0.3, 0.4) is 0 Å². The van der Waals surface area contributed by atoms with Crippen LogP contribution in [0.1, 0.15) is 39.0 Å². The number of anilines is 1. The molecule has 0 amide bonds. The maximum atomic E-state index is 13.5. The molecule has 192 valence electrons. The van der Waals surface area contributed by atoms with Crippen molar-refractivity contribution in [2.45, 2.75) is 43.9 Å². The van der Waals surface area contributed by atoms with E-state index in [-0.39, 0.29) is 16.2 Å². The molecule has 36 heavy (non-hydrogen) atoms. The first-order chi connectivity index (χ1) is 17.5. The Balaban J connectivity index is 1.53. The van der Waals surface area contributed by atoms with Crippen molar-refractivity contribution in [3.63, 3.8) is 0 Å². The lowest BCUT2D eigenvalue weighted by Gasteiger charge is -2.35. The van der Waals surface area contributed by atoms with Crippen LogP contribution in [0.4, 0.5) is 5.69 Å². The molecule has 1 aliphatic heterocycles. The predicted molar refractivity (Wildman–Crippen MR) is 142 cm³/mol. The van der Waals surface area contributed by atoms with Crippen LogP contribution < -0.4 is 15.2 Å². The smallest absolute Gasteiger partial charge is 0.316 e. The maximum Gasteiger partial charge on any atom is 0.316 e. The molecular weight excluding hydrogens is 476 g/mol. The molecule has 0 radical (unpaired) electrons. The molecule has 4 rings (SSSR count). The summed E-state index contributed by atoms with van der Waals surface area (Å²) in [5.74, 6) is 0.267. The van der Waals surface area contributed by atoms with Crippen LogP contribution in [0, 0.1) is 0 Å². The molecule has 2 heterocycles. The average molecular weight is 511 g/mol. The van der Waals surface area contributed by atoms with Gasteiger partial charge in [0.2, 0.25) is 15.8 Å². The second-order valence-electron chi connectivity index (χ2n) is 8.88. The predicted octanol–water partition coefficient (Wildman–Crippen LogP) is 4.09. The highest BCUT2D eigenvalue weighted by Crippen LogP contribution is 2.27. The Morgan fingerprint density at radius 3 is 2.17 bits per heavy atom. The Kier molecular flexibility index (Phi) is 8.77. The summed E-state index contributed by atoms with van der Waals surface area (Å²) in [5, 5.41) is 4.42. The van der Waals surface area contributed by atoms with Crippen LogP contribution in [0.2, 0.25) is 0 Å². The summed E-state index contributed by atoms with van der Waals surface area (Å²) >= 11 is 0. The summed E-state index contributed by atoms with van der Waals surface area (Å²) in [7, 11) is -3.56. The first-order valence-corrected chi connectivity index (χ1v) is 14.1. The first-order valence-electron chi connectivity index (χ1n) is 12.6. The SMILES string of the molecule is CCCCCCCOc1c(N2CCN(S(=O)(=O)c3ccccc3)CC2)cnn(-c2ccccc2)c1=O. The van der Waals surface area contributed by atoms with Crippen molar-refractivity contribution in [2.75, 3.05) is 37.7 Å². The Labute approximate surface area is 213 Å². The van der Waals surface area contributed by atoms with E-state index >= 15 is 0 Å². The number of sulfonamides is 1. The van der Waals surface area contributed by atoms with E-state index in [1.54, 1.807) is 36.5 Å². The van der Waals surface area contributed by atoms with Gasteiger partial charge in [0.1, 0.15) is 5.69 Å². The monoisotopic (exact) mass is 510 g/mol. The molecule has 0 bridgehead atoms. The van der Waals surface area contributed by atoms with E-state index in [0.29, 0.717) is 44.2 Å². The molecule has 2 aromatic carbocycles. The van der Waals surface area contributed by atoms with E-state index in [4.69, 9.17) is 4.74 Å². The molecule has 0 atom stereocenters. The number of hydrogen-bond acceptors (Lipinski definition) is 6. The lowest BCUT2D eigenvalue weighted by atomic mass is 10.2. The fraction of sp³-hybridized carbons (Fsp3) is 0.407. The van der Waals surface area contributed by atoms with Crippen molar-refractivity contribution in [2.24, 2.45) is 0 Å². The number of para-hydroxylation sites is 1. The molecule has 0 saturated carbocycles. The zero-order valence-electron chi connectivity index (χ0n) is 20.8. The summed E-state index contributed by atoms with van der Waals surface area (Å²) in [6.45, 7) is 4.14. The minimum absolute atomic E-state index is 0.267. The summed E-state index contributed by atoms with van der Waals surface area (Å²) in [5.41, 5.74) is 0.963. The van der Waals surface area contributed by atoms with Crippen molar-refractivity contribution in [3.8, 4) is 11.4 Å². The quantitative estimate of drug-likeness (QED) is 0.361. The number of piperazine rings is 1. The molecule has 1 saturated heterocycles. The largest absolute Gasteiger partial charge is 0.486 e. The molecule has 3 aromatic rings. The van der Waals surface area contributed by atoms with Gasteiger partial charge in [-0.3, -0.25) is 4.79 Å². The molecule has 0 aliphatic carbocycles.